The van der Waals surface area contributed by atoms with Crippen LogP contribution in [0.5, 0.6) is 0 Å². The number of allylic oxidation sites excluding steroid dienone is 1. The van der Waals surface area contributed by atoms with E-state index < -0.39 is 17.5 Å². The van der Waals surface area contributed by atoms with Crippen molar-refractivity contribution in [3.8, 4) is 0 Å². The molecule has 1 heterocycles. The average Bonchev–Trinajstić information content (AvgIpc) is 3.13. The van der Waals surface area contributed by atoms with Crippen LogP contribution in [0.3, 0.4) is 0 Å². The first-order valence-corrected chi connectivity index (χ1v) is 9.38. The summed E-state index contributed by atoms with van der Waals surface area (Å²) in [5, 5.41) is 9.70. The molecule has 0 bridgehead atoms. The number of benzene rings is 1. The molecule has 0 aliphatic heterocycles. The van der Waals surface area contributed by atoms with Gasteiger partial charge in [-0.1, -0.05) is 31.4 Å². The van der Waals surface area contributed by atoms with E-state index in [9.17, 15) is 19.1 Å². The third kappa shape index (κ3) is 4.68. The number of halogens is 1. The third-order valence-corrected chi connectivity index (χ3v) is 5.03. The van der Waals surface area contributed by atoms with Gasteiger partial charge in [0, 0.05) is 24.0 Å². The van der Waals surface area contributed by atoms with Gasteiger partial charge in [-0.25, -0.2) is 9.18 Å². The lowest BCUT2D eigenvalue weighted by atomic mass is 9.87. The molecular weight excluding hydrogens is 363 g/mol. The van der Waals surface area contributed by atoms with Crippen molar-refractivity contribution in [3.05, 3.63) is 70.6 Å². The molecule has 28 heavy (non-hydrogen) atoms. The van der Waals surface area contributed by atoms with Gasteiger partial charge in [-0.05, 0) is 36.6 Å². The Morgan fingerprint density at radius 1 is 1.21 bits per heavy atom. The summed E-state index contributed by atoms with van der Waals surface area (Å²) in [6.45, 7) is 0. The zero-order chi connectivity index (χ0) is 20.1. The van der Waals surface area contributed by atoms with E-state index in [2.05, 4.69) is 4.74 Å². The molecule has 0 amide bonds. The van der Waals surface area contributed by atoms with Crippen LogP contribution < -0.4 is 0 Å². The van der Waals surface area contributed by atoms with Crippen LogP contribution in [-0.2, 0) is 16.0 Å². The lowest BCUT2D eigenvalue weighted by Gasteiger charge is -2.19. The number of rotatable bonds is 6. The van der Waals surface area contributed by atoms with E-state index >= 15 is 0 Å². The molecule has 1 aliphatic carbocycles. The Morgan fingerprint density at radius 2 is 1.89 bits per heavy atom. The number of carbonyl (C=O) groups excluding carboxylic acids is 2. The van der Waals surface area contributed by atoms with E-state index in [-0.39, 0.29) is 17.5 Å². The van der Waals surface area contributed by atoms with Gasteiger partial charge in [0.25, 0.3) is 0 Å². The summed E-state index contributed by atoms with van der Waals surface area (Å²) in [4.78, 5) is 24.0. The van der Waals surface area contributed by atoms with Crippen molar-refractivity contribution in [2.24, 2.45) is 0 Å². The van der Waals surface area contributed by atoms with Gasteiger partial charge in [-0.15, -0.1) is 0 Å². The molecule has 0 spiro atoms. The molecule has 3 rings (SSSR count). The van der Waals surface area contributed by atoms with Crippen molar-refractivity contribution in [2.75, 3.05) is 7.11 Å². The number of carbonyl (C=O) groups is 2. The lowest BCUT2D eigenvalue weighted by Crippen LogP contribution is -2.07. The Bertz CT molecular complexity index is 873. The van der Waals surface area contributed by atoms with Crippen LogP contribution in [0.4, 0.5) is 4.39 Å². The molecule has 1 aromatic heterocycles. The average molecular weight is 386 g/mol. The smallest absolute Gasteiger partial charge is 0.373 e. The van der Waals surface area contributed by atoms with Crippen molar-refractivity contribution in [3.63, 3.8) is 0 Å². The van der Waals surface area contributed by atoms with Gasteiger partial charge in [0.15, 0.2) is 5.76 Å². The third-order valence-electron chi connectivity index (χ3n) is 5.03. The summed E-state index contributed by atoms with van der Waals surface area (Å²) in [5.41, 5.74) is 1.47. The first kappa shape index (κ1) is 19.9. The quantitative estimate of drug-likeness (QED) is 0.332. The van der Waals surface area contributed by atoms with Crippen LogP contribution in [0, 0.1) is 5.82 Å². The first-order valence-electron chi connectivity index (χ1n) is 9.38. The zero-order valence-electron chi connectivity index (χ0n) is 15.7. The van der Waals surface area contributed by atoms with Gasteiger partial charge in [-0.3, -0.25) is 4.79 Å². The molecule has 2 aromatic rings. The van der Waals surface area contributed by atoms with Gasteiger partial charge < -0.3 is 14.3 Å². The van der Waals surface area contributed by atoms with E-state index in [0.29, 0.717) is 12.0 Å². The highest BCUT2D eigenvalue weighted by molar-refractivity contribution is 6.07. The molecule has 0 atom stereocenters. The summed E-state index contributed by atoms with van der Waals surface area (Å²) in [6, 6.07) is 7.90. The Morgan fingerprint density at radius 3 is 2.54 bits per heavy atom. The van der Waals surface area contributed by atoms with Crippen molar-refractivity contribution in [1.82, 2.24) is 0 Å². The van der Waals surface area contributed by atoms with Gasteiger partial charge in [0.2, 0.25) is 11.5 Å². The number of aliphatic hydroxyl groups is 1. The predicted octanol–water partition coefficient (Wildman–Crippen LogP) is 4.85. The first-order chi connectivity index (χ1) is 13.5. The molecule has 0 saturated heterocycles. The molecule has 1 N–H and O–H groups in total. The van der Waals surface area contributed by atoms with Gasteiger partial charge in [0.1, 0.15) is 11.6 Å². The summed E-state index contributed by atoms with van der Waals surface area (Å²) in [5.74, 6) is -1.64. The standard InChI is InChI=1S/C22H23FO5/c1-27-22(26)19(25)13-18(24)21-16(11-14-7-9-17(23)10-8-14)12-20(28-21)15-5-3-2-4-6-15/h7-10,12-13,15,25H,2-6,11H2,1H3. The second kappa shape index (κ2) is 8.87. The minimum absolute atomic E-state index is 0.0837. The molecule has 1 saturated carbocycles. The molecule has 1 fully saturated rings. The van der Waals surface area contributed by atoms with Crippen molar-refractivity contribution in [2.45, 2.75) is 44.4 Å². The minimum atomic E-state index is -0.993. The fraction of sp³-hybridized carbons (Fsp3) is 0.364. The number of ether oxygens (including phenoxy) is 1. The van der Waals surface area contributed by atoms with Crippen LogP contribution in [0.25, 0.3) is 0 Å². The number of ketones is 1. The molecule has 1 aromatic carbocycles. The zero-order valence-corrected chi connectivity index (χ0v) is 15.7. The second-order valence-electron chi connectivity index (χ2n) is 7.03. The molecule has 1 aliphatic rings. The van der Waals surface area contributed by atoms with Crippen LogP contribution in [0.15, 0.2) is 46.6 Å². The maximum Gasteiger partial charge on any atom is 0.373 e. The van der Waals surface area contributed by atoms with E-state index in [4.69, 9.17) is 4.42 Å². The van der Waals surface area contributed by atoms with E-state index in [1.54, 1.807) is 12.1 Å². The Hall–Kier alpha value is -2.89. The van der Waals surface area contributed by atoms with E-state index in [0.717, 1.165) is 50.2 Å². The molecular formula is C22H23FO5. The van der Waals surface area contributed by atoms with Crippen molar-refractivity contribution >= 4 is 11.8 Å². The molecule has 5 nitrogen and oxygen atoms in total. The SMILES string of the molecule is COC(=O)C(O)=CC(=O)c1oc(C2CCCCC2)cc1Cc1ccc(F)cc1. The number of esters is 1. The maximum atomic E-state index is 13.2. The van der Waals surface area contributed by atoms with Gasteiger partial charge in [-0.2, -0.15) is 0 Å². The predicted molar refractivity (Wildman–Crippen MR) is 101 cm³/mol. The van der Waals surface area contributed by atoms with Crippen LogP contribution >= 0.6 is 0 Å². The molecule has 0 radical (unpaired) electrons. The highest BCUT2D eigenvalue weighted by Crippen LogP contribution is 2.35. The molecule has 6 heteroatoms. The largest absolute Gasteiger partial charge is 0.502 e. The summed E-state index contributed by atoms with van der Waals surface area (Å²) < 4.78 is 23.5. The van der Waals surface area contributed by atoms with E-state index in [1.807, 2.05) is 6.07 Å². The number of aliphatic hydroxyl groups excluding tert-OH is 1. The fourth-order valence-electron chi connectivity index (χ4n) is 3.55. The fourth-order valence-corrected chi connectivity index (χ4v) is 3.55. The van der Waals surface area contributed by atoms with Crippen LogP contribution in [0.1, 0.15) is 65.5 Å². The van der Waals surface area contributed by atoms with Crippen LogP contribution in [0.2, 0.25) is 0 Å². The normalized spacial score (nSPS) is 15.4. The van der Waals surface area contributed by atoms with Gasteiger partial charge >= 0.3 is 5.97 Å². The molecule has 148 valence electrons. The Balaban J connectivity index is 1.93. The number of hydrogen-bond donors (Lipinski definition) is 1. The minimum Gasteiger partial charge on any atom is -0.502 e. The van der Waals surface area contributed by atoms with Crippen molar-refractivity contribution in [1.29, 1.82) is 0 Å². The summed E-state index contributed by atoms with van der Waals surface area (Å²) >= 11 is 0. The van der Waals surface area contributed by atoms with Gasteiger partial charge in [0.05, 0.1) is 7.11 Å². The number of furan rings is 1. The Kier molecular flexibility index (Phi) is 6.29. The topological polar surface area (TPSA) is 76.7 Å². The maximum absolute atomic E-state index is 13.2. The Labute approximate surface area is 162 Å². The van der Waals surface area contributed by atoms with E-state index in [1.165, 1.54) is 18.6 Å². The summed E-state index contributed by atoms with van der Waals surface area (Å²) in [6.07, 6.45) is 6.62. The highest BCUT2D eigenvalue weighted by atomic mass is 19.1. The number of hydrogen-bond acceptors (Lipinski definition) is 5. The van der Waals surface area contributed by atoms with Crippen LogP contribution in [-0.4, -0.2) is 24.0 Å². The van der Waals surface area contributed by atoms with Crippen molar-refractivity contribution < 1.29 is 28.2 Å². The number of methoxy groups -OCH3 is 1. The molecule has 0 unspecified atom stereocenters. The highest BCUT2D eigenvalue weighted by Gasteiger charge is 2.25. The monoisotopic (exact) mass is 386 g/mol. The second-order valence-corrected chi connectivity index (χ2v) is 7.03. The lowest BCUT2D eigenvalue weighted by molar-refractivity contribution is -0.139. The summed E-state index contributed by atoms with van der Waals surface area (Å²) in [7, 11) is 1.12.